The van der Waals surface area contributed by atoms with Crippen molar-refractivity contribution in [3.8, 4) is 11.5 Å². The van der Waals surface area contributed by atoms with E-state index in [4.69, 9.17) is 21.1 Å². The molecule has 1 aliphatic heterocycles. The standard InChI is InChI=1S/C26H34ClNO3/c1-17(16-26(2,3)4)13-24(29)28-12-11-18-14-22(30-5)23(31-6)15-20(18)25(28)19-9-7-8-10-21(19)27/h7-10,14-15,17,25H,11-13,16H2,1-6H3/t17-,25+/m1/s1. The fourth-order valence-corrected chi connectivity index (χ4v) is 5.02. The zero-order chi connectivity index (χ0) is 22.8. The molecule has 0 aromatic heterocycles. The average Bonchev–Trinajstić information content (AvgIpc) is 2.70. The summed E-state index contributed by atoms with van der Waals surface area (Å²) in [5.41, 5.74) is 3.35. The third-order valence-electron chi connectivity index (χ3n) is 5.88. The van der Waals surface area contributed by atoms with Crippen LogP contribution in [-0.4, -0.2) is 31.6 Å². The minimum Gasteiger partial charge on any atom is -0.493 e. The molecule has 4 nitrogen and oxygen atoms in total. The van der Waals surface area contributed by atoms with Crippen LogP contribution in [0.1, 0.15) is 63.3 Å². The Labute approximate surface area is 191 Å². The molecule has 1 heterocycles. The predicted octanol–water partition coefficient (Wildman–Crippen LogP) is 6.29. The van der Waals surface area contributed by atoms with E-state index in [0.717, 1.165) is 29.5 Å². The summed E-state index contributed by atoms with van der Waals surface area (Å²) in [5, 5.41) is 0.663. The number of carbonyl (C=O) groups excluding carboxylic acids is 1. The van der Waals surface area contributed by atoms with E-state index in [2.05, 4.69) is 27.7 Å². The van der Waals surface area contributed by atoms with Crippen LogP contribution < -0.4 is 9.47 Å². The van der Waals surface area contributed by atoms with Crippen LogP contribution in [0.2, 0.25) is 5.02 Å². The maximum absolute atomic E-state index is 13.5. The molecule has 0 bridgehead atoms. The second-order valence-corrected chi connectivity index (χ2v) is 10.1. The molecule has 0 saturated carbocycles. The Hall–Kier alpha value is -2.20. The van der Waals surface area contributed by atoms with E-state index >= 15 is 0 Å². The molecule has 0 saturated heterocycles. The molecule has 0 spiro atoms. The monoisotopic (exact) mass is 443 g/mol. The molecule has 31 heavy (non-hydrogen) atoms. The van der Waals surface area contributed by atoms with Crippen LogP contribution in [0.4, 0.5) is 0 Å². The van der Waals surface area contributed by atoms with Crippen LogP contribution in [0.15, 0.2) is 36.4 Å². The molecule has 1 amide bonds. The number of ether oxygens (including phenoxy) is 2. The summed E-state index contributed by atoms with van der Waals surface area (Å²) < 4.78 is 11.1. The van der Waals surface area contributed by atoms with E-state index in [1.807, 2.05) is 41.3 Å². The number of hydrogen-bond donors (Lipinski definition) is 0. The SMILES string of the molecule is COc1cc2c(cc1OC)[C@H](c1ccccc1Cl)N(C(=O)C[C@@H](C)CC(C)(C)C)CC2. The first-order valence-corrected chi connectivity index (χ1v) is 11.3. The summed E-state index contributed by atoms with van der Waals surface area (Å²) >= 11 is 6.63. The van der Waals surface area contributed by atoms with Crippen molar-refractivity contribution >= 4 is 17.5 Å². The molecule has 2 aromatic rings. The van der Waals surface area contributed by atoms with Crippen molar-refractivity contribution in [3.05, 3.63) is 58.1 Å². The van der Waals surface area contributed by atoms with Crippen molar-refractivity contribution in [1.82, 2.24) is 4.90 Å². The van der Waals surface area contributed by atoms with Gasteiger partial charge in [-0.05, 0) is 59.1 Å². The highest BCUT2D eigenvalue weighted by Gasteiger charge is 2.35. The lowest BCUT2D eigenvalue weighted by Crippen LogP contribution is -2.41. The normalized spacial score (nSPS) is 17.1. The molecule has 2 aromatic carbocycles. The lowest BCUT2D eigenvalue weighted by Gasteiger charge is -2.39. The number of rotatable bonds is 6. The van der Waals surface area contributed by atoms with Gasteiger partial charge in [-0.1, -0.05) is 57.5 Å². The van der Waals surface area contributed by atoms with Gasteiger partial charge in [0.15, 0.2) is 11.5 Å². The Morgan fingerprint density at radius 1 is 1.13 bits per heavy atom. The summed E-state index contributed by atoms with van der Waals surface area (Å²) in [5.74, 6) is 1.85. The zero-order valence-electron chi connectivity index (χ0n) is 19.5. The summed E-state index contributed by atoms with van der Waals surface area (Å²) in [7, 11) is 3.28. The number of carbonyl (C=O) groups is 1. The van der Waals surface area contributed by atoms with Gasteiger partial charge in [0, 0.05) is 18.0 Å². The first-order valence-electron chi connectivity index (χ1n) is 10.9. The number of hydrogen-bond acceptors (Lipinski definition) is 3. The Morgan fingerprint density at radius 2 is 1.77 bits per heavy atom. The van der Waals surface area contributed by atoms with E-state index in [9.17, 15) is 4.79 Å². The number of nitrogens with zero attached hydrogens (tertiary/aromatic N) is 1. The molecular weight excluding hydrogens is 410 g/mol. The minimum absolute atomic E-state index is 0.169. The number of benzene rings is 2. The molecular formula is C26H34ClNO3. The topological polar surface area (TPSA) is 38.8 Å². The third kappa shape index (κ3) is 5.35. The second kappa shape index (κ2) is 9.52. The molecule has 168 valence electrons. The molecule has 0 radical (unpaired) electrons. The fourth-order valence-electron chi connectivity index (χ4n) is 4.78. The highest BCUT2D eigenvalue weighted by molar-refractivity contribution is 6.31. The minimum atomic E-state index is -0.244. The molecule has 0 N–H and O–H groups in total. The molecule has 5 heteroatoms. The summed E-state index contributed by atoms with van der Waals surface area (Å²) in [6.07, 6.45) is 2.31. The van der Waals surface area contributed by atoms with E-state index in [0.29, 0.717) is 35.4 Å². The van der Waals surface area contributed by atoms with Crippen molar-refractivity contribution in [3.63, 3.8) is 0 Å². The number of halogens is 1. The zero-order valence-corrected chi connectivity index (χ0v) is 20.3. The van der Waals surface area contributed by atoms with Gasteiger partial charge in [-0.25, -0.2) is 0 Å². The van der Waals surface area contributed by atoms with Crippen LogP contribution in [-0.2, 0) is 11.2 Å². The number of amides is 1. The van der Waals surface area contributed by atoms with Crippen LogP contribution >= 0.6 is 11.6 Å². The van der Waals surface area contributed by atoms with Crippen LogP contribution in [0.3, 0.4) is 0 Å². The Bertz CT molecular complexity index is 935. The van der Waals surface area contributed by atoms with E-state index in [1.165, 1.54) is 0 Å². The van der Waals surface area contributed by atoms with Gasteiger partial charge in [0.05, 0.1) is 20.3 Å². The van der Waals surface area contributed by atoms with Gasteiger partial charge in [0.2, 0.25) is 5.91 Å². The van der Waals surface area contributed by atoms with Gasteiger partial charge in [0.1, 0.15) is 0 Å². The van der Waals surface area contributed by atoms with Gasteiger partial charge >= 0.3 is 0 Å². The van der Waals surface area contributed by atoms with Gasteiger partial charge in [-0.2, -0.15) is 0 Å². The quantitative estimate of drug-likeness (QED) is 0.526. The van der Waals surface area contributed by atoms with Crippen molar-refractivity contribution in [2.75, 3.05) is 20.8 Å². The van der Waals surface area contributed by atoms with Crippen molar-refractivity contribution < 1.29 is 14.3 Å². The lowest BCUT2D eigenvalue weighted by atomic mass is 9.83. The van der Waals surface area contributed by atoms with E-state index in [1.54, 1.807) is 14.2 Å². The molecule has 3 rings (SSSR count). The van der Waals surface area contributed by atoms with Gasteiger partial charge in [-0.15, -0.1) is 0 Å². The summed E-state index contributed by atoms with van der Waals surface area (Å²) in [6, 6.07) is 11.6. The van der Waals surface area contributed by atoms with Gasteiger partial charge in [-0.3, -0.25) is 4.79 Å². The highest BCUT2D eigenvalue weighted by atomic mass is 35.5. The summed E-state index contributed by atoms with van der Waals surface area (Å²) in [6.45, 7) is 9.48. The summed E-state index contributed by atoms with van der Waals surface area (Å²) in [4.78, 5) is 15.5. The smallest absolute Gasteiger partial charge is 0.223 e. The first-order chi connectivity index (χ1) is 14.6. The van der Waals surface area contributed by atoms with Crippen LogP contribution in [0, 0.1) is 11.3 Å². The lowest BCUT2D eigenvalue weighted by molar-refractivity contribution is -0.134. The molecule has 0 aliphatic carbocycles. The molecule has 0 fully saturated rings. The molecule has 0 unspecified atom stereocenters. The van der Waals surface area contributed by atoms with E-state index in [-0.39, 0.29) is 17.4 Å². The van der Waals surface area contributed by atoms with E-state index < -0.39 is 0 Å². The largest absolute Gasteiger partial charge is 0.493 e. The number of fused-ring (bicyclic) bond motifs is 1. The van der Waals surface area contributed by atoms with Crippen molar-refractivity contribution in [1.29, 1.82) is 0 Å². The molecule has 1 aliphatic rings. The Kier molecular flexibility index (Phi) is 7.20. The maximum Gasteiger partial charge on any atom is 0.223 e. The highest BCUT2D eigenvalue weighted by Crippen LogP contribution is 2.43. The first kappa shape index (κ1) is 23.5. The Balaban J connectivity index is 2.02. The van der Waals surface area contributed by atoms with Crippen LogP contribution in [0.5, 0.6) is 11.5 Å². The van der Waals surface area contributed by atoms with Crippen molar-refractivity contribution in [2.45, 2.75) is 53.0 Å². The maximum atomic E-state index is 13.5. The van der Waals surface area contributed by atoms with Crippen molar-refractivity contribution in [2.24, 2.45) is 11.3 Å². The average molecular weight is 444 g/mol. The van der Waals surface area contributed by atoms with Gasteiger partial charge in [0.25, 0.3) is 0 Å². The van der Waals surface area contributed by atoms with Gasteiger partial charge < -0.3 is 14.4 Å². The Morgan fingerprint density at radius 3 is 2.39 bits per heavy atom. The fraction of sp³-hybridized carbons (Fsp3) is 0.500. The second-order valence-electron chi connectivity index (χ2n) is 9.74. The predicted molar refractivity (Wildman–Crippen MR) is 126 cm³/mol. The number of methoxy groups -OCH3 is 2. The van der Waals surface area contributed by atoms with Crippen LogP contribution in [0.25, 0.3) is 0 Å². The third-order valence-corrected chi connectivity index (χ3v) is 6.22. The molecule has 2 atom stereocenters.